The number of aliphatic hydroxyl groups is 1. The van der Waals surface area contributed by atoms with Gasteiger partial charge in [-0.15, -0.1) is 0 Å². The summed E-state index contributed by atoms with van der Waals surface area (Å²) in [6, 6.07) is 8.15. The smallest absolute Gasteiger partial charge is 0.135 e. The zero-order valence-electron chi connectivity index (χ0n) is 13.2. The molecule has 0 radical (unpaired) electrons. The molecule has 1 aliphatic rings. The molecule has 114 valence electrons. The van der Waals surface area contributed by atoms with E-state index in [9.17, 15) is 5.11 Å². The highest BCUT2D eigenvalue weighted by Crippen LogP contribution is 2.43. The van der Waals surface area contributed by atoms with Gasteiger partial charge in [0.15, 0.2) is 0 Å². The van der Waals surface area contributed by atoms with Crippen molar-refractivity contribution in [1.29, 1.82) is 0 Å². The van der Waals surface area contributed by atoms with E-state index in [0.29, 0.717) is 5.76 Å². The first-order chi connectivity index (χ1) is 10.0. The van der Waals surface area contributed by atoms with Crippen LogP contribution in [0.1, 0.15) is 49.5 Å². The van der Waals surface area contributed by atoms with E-state index in [1.165, 1.54) is 24.8 Å². The molecular weight excluding hydrogens is 262 g/mol. The van der Waals surface area contributed by atoms with Gasteiger partial charge in [-0.05, 0) is 52.1 Å². The molecule has 1 unspecified atom stereocenters. The van der Waals surface area contributed by atoms with Gasteiger partial charge in [0.05, 0.1) is 5.54 Å². The van der Waals surface area contributed by atoms with Gasteiger partial charge in [-0.2, -0.15) is 0 Å². The summed E-state index contributed by atoms with van der Waals surface area (Å²) in [6.07, 6.45) is 5.10. The van der Waals surface area contributed by atoms with Crippen molar-refractivity contribution >= 4 is 11.0 Å². The van der Waals surface area contributed by atoms with Gasteiger partial charge in [-0.25, -0.2) is 0 Å². The maximum atomic E-state index is 11.0. The van der Waals surface area contributed by atoms with E-state index in [2.05, 4.69) is 32.0 Å². The first-order valence-corrected chi connectivity index (χ1v) is 7.88. The quantitative estimate of drug-likeness (QED) is 0.925. The van der Waals surface area contributed by atoms with Crippen LogP contribution in [-0.2, 0) is 0 Å². The number of rotatable bonds is 3. The molecule has 3 nitrogen and oxygen atoms in total. The van der Waals surface area contributed by atoms with E-state index in [1.807, 2.05) is 18.2 Å². The Hall–Kier alpha value is -1.32. The number of hydrogen-bond donors (Lipinski definition) is 1. The minimum absolute atomic E-state index is 0.193. The predicted octanol–water partition coefficient (Wildman–Crippen LogP) is 4.04. The van der Waals surface area contributed by atoms with Crippen LogP contribution in [0.5, 0.6) is 0 Å². The van der Waals surface area contributed by atoms with Crippen LogP contribution >= 0.6 is 0 Å². The summed E-state index contributed by atoms with van der Waals surface area (Å²) < 4.78 is 5.94. The van der Waals surface area contributed by atoms with E-state index >= 15 is 0 Å². The number of aliphatic hydroxyl groups excluding tert-OH is 1. The molecule has 0 spiro atoms. The standard InChI is InChI=1S/C18H25NO2/c1-13-7-8-15-14(11-13)12-16(21-15)17(20)18(19(2)3)9-5-4-6-10-18/h7-8,11-12,17,20H,4-6,9-10H2,1-3H3. The fourth-order valence-corrected chi connectivity index (χ4v) is 3.71. The van der Waals surface area contributed by atoms with Gasteiger partial charge in [0.1, 0.15) is 17.4 Å². The second-order valence-corrected chi connectivity index (χ2v) is 6.65. The lowest BCUT2D eigenvalue weighted by molar-refractivity contribution is -0.0433. The van der Waals surface area contributed by atoms with Gasteiger partial charge in [0.2, 0.25) is 0 Å². The maximum absolute atomic E-state index is 11.0. The van der Waals surface area contributed by atoms with Gasteiger partial charge in [-0.1, -0.05) is 30.9 Å². The fraction of sp³-hybridized carbons (Fsp3) is 0.556. The molecule has 1 aliphatic carbocycles. The predicted molar refractivity (Wildman–Crippen MR) is 85.4 cm³/mol. The molecule has 0 bridgehead atoms. The summed E-state index contributed by atoms with van der Waals surface area (Å²) >= 11 is 0. The molecule has 3 heteroatoms. The van der Waals surface area contributed by atoms with E-state index in [-0.39, 0.29) is 5.54 Å². The van der Waals surface area contributed by atoms with Crippen LogP contribution in [0.15, 0.2) is 28.7 Å². The number of furan rings is 1. The van der Waals surface area contributed by atoms with Gasteiger partial charge in [0, 0.05) is 5.39 Å². The monoisotopic (exact) mass is 287 g/mol. The molecule has 0 aliphatic heterocycles. The molecule has 1 heterocycles. The Morgan fingerprint density at radius 3 is 2.52 bits per heavy atom. The Balaban J connectivity index is 1.99. The SMILES string of the molecule is Cc1ccc2oc(C(O)C3(N(C)C)CCCCC3)cc2c1. The van der Waals surface area contributed by atoms with Crippen molar-refractivity contribution in [3.8, 4) is 0 Å². The average Bonchev–Trinajstić information content (AvgIpc) is 2.89. The summed E-state index contributed by atoms with van der Waals surface area (Å²) in [5.74, 6) is 0.700. The Kier molecular flexibility index (Phi) is 3.80. The van der Waals surface area contributed by atoms with E-state index < -0.39 is 6.10 Å². The zero-order chi connectivity index (χ0) is 15.0. The van der Waals surface area contributed by atoms with Gasteiger partial charge < -0.3 is 14.4 Å². The number of likely N-dealkylation sites (N-methyl/N-ethyl adjacent to an activating group) is 1. The summed E-state index contributed by atoms with van der Waals surface area (Å²) in [4.78, 5) is 2.19. The average molecular weight is 287 g/mol. The minimum atomic E-state index is -0.569. The first-order valence-electron chi connectivity index (χ1n) is 7.88. The Bertz CT molecular complexity index is 623. The number of nitrogens with zero attached hydrogens (tertiary/aromatic N) is 1. The highest BCUT2D eigenvalue weighted by Gasteiger charge is 2.43. The molecule has 1 fully saturated rings. The van der Waals surface area contributed by atoms with Crippen molar-refractivity contribution in [1.82, 2.24) is 4.90 Å². The lowest BCUT2D eigenvalue weighted by atomic mass is 9.76. The zero-order valence-corrected chi connectivity index (χ0v) is 13.2. The molecule has 0 saturated heterocycles. The third kappa shape index (κ3) is 2.49. The van der Waals surface area contributed by atoms with E-state index in [1.54, 1.807) is 0 Å². The number of fused-ring (bicyclic) bond motifs is 1. The first kappa shape index (κ1) is 14.6. The summed E-state index contributed by atoms with van der Waals surface area (Å²) in [5, 5.41) is 12.1. The van der Waals surface area contributed by atoms with Crippen molar-refractivity contribution < 1.29 is 9.52 Å². The lowest BCUT2D eigenvalue weighted by Crippen LogP contribution is -2.50. The topological polar surface area (TPSA) is 36.6 Å². The molecule has 2 aromatic rings. The van der Waals surface area contributed by atoms with Crippen LogP contribution in [0.25, 0.3) is 11.0 Å². The van der Waals surface area contributed by atoms with Crippen molar-refractivity contribution in [3.63, 3.8) is 0 Å². The molecule has 1 N–H and O–H groups in total. The molecule has 1 aromatic heterocycles. The summed E-state index contributed by atoms with van der Waals surface area (Å²) in [6.45, 7) is 2.07. The number of benzene rings is 1. The van der Waals surface area contributed by atoms with Crippen molar-refractivity contribution in [2.75, 3.05) is 14.1 Å². The Labute approximate surface area is 126 Å². The molecule has 1 aromatic carbocycles. The normalized spacial score (nSPS) is 20.0. The van der Waals surface area contributed by atoms with Gasteiger partial charge >= 0.3 is 0 Å². The van der Waals surface area contributed by atoms with Crippen LogP contribution < -0.4 is 0 Å². The largest absolute Gasteiger partial charge is 0.458 e. The fourth-order valence-electron chi connectivity index (χ4n) is 3.71. The second kappa shape index (κ2) is 5.47. The van der Waals surface area contributed by atoms with Gasteiger partial charge in [-0.3, -0.25) is 0 Å². The third-order valence-corrected chi connectivity index (χ3v) is 5.08. The summed E-state index contributed by atoms with van der Waals surface area (Å²) in [5.41, 5.74) is 1.88. The van der Waals surface area contributed by atoms with Crippen molar-refractivity contribution in [3.05, 3.63) is 35.6 Å². The van der Waals surface area contributed by atoms with Crippen molar-refractivity contribution in [2.24, 2.45) is 0 Å². The summed E-state index contributed by atoms with van der Waals surface area (Å²) in [7, 11) is 4.14. The van der Waals surface area contributed by atoms with E-state index in [4.69, 9.17) is 4.42 Å². The lowest BCUT2D eigenvalue weighted by Gasteiger charge is -2.45. The number of hydrogen-bond acceptors (Lipinski definition) is 3. The van der Waals surface area contributed by atoms with Crippen LogP contribution in [0.3, 0.4) is 0 Å². The molecule has 0 amide bonds. The Morgan fingerprint density at radius 1 is 1.14 bits per heavy atom. The van der Waals surface area contributed by atoms with Crippen molar-refractivity contribution in [2.45, 2.75) is 50.7 Å². The van der Waals surface area contributed by atoms with E-state index in [0.717, 1.165) is 23.8 Å². The van der Waals surface area contributed by atoms with Crippen LogP contribution in [0, 0.1) is 6.92 Å². The van der Waals surface area contributed by atoms with Gasteiger partial charge in [0.25, 0.3) is 0 Å². The molecule has 3 rings (SSSR count). The third-order valence-electron chi connectivity index (χ3n) is 5.08. The highest BCUT2D eigenvalue weighted by atomic mass is 16.4. The van der Waals surface area contributed by atoms with Crippen LogP contribution in [0.4, 0.5) is 0 Å². The minimum Gasteiger partial charge on any atom is -0.458 e. The van der Waals surface area contributed by atoms with Crippen LogP contribution in [-0.4, -0.2) is 29.6 Å². The molecule has 21 heavy (non-hydrogen) atoms. The maximum Gasteiger partial charge on any atom is 0.135 e. The highest BCUT2D eigenvalue weighted by molar-refractivity contribution is 5.78. The Morgan fingerprint density at radius 2 is 1.86 bits per heavy atom. The molecule has 1 saturated carbocycles. The number of aryl methyl sites for hydroxylation is 1. The van der Waals surface area contributed by atoms with Crippen LogP contribution in [0.2, 0.25) is 0 Å². The molecular formula is C18H25NO2. The molecule has 1 atom stereocenters. The second-order valence-electron chi connectivity index (χ2n) is 6.65.